The van der Waals surface area contributed by atoms with Crippen LogP contribution in [0, 0.1) is 12.8 Å². The predicted octanol–water partition coefficient (Wildman–Crippen LogP) is 4.93. The molecule has 4 aromatic carbocycles. The fraction of sp³-hybridized carbons (Fsp3) is 0.303. The molecule has 2 unspecified atom stereocenters. The van der Waals surface area contributed by atoms with E-state index in [2.05, 4.69) is 71.7 Å². The predicted molar refractivity (Wildman–Crippen MR) is 159 cm³/mol. The first-order chi connectivity index (χ1) is 19.4. The van der Waals surface area contributed by atoms with Crippen LogP contribution in [-0.4, -0.2) is 63.5 Å². The van der Waals surface area contributed by atoms with Crippen LogP contribution in [0.4, 0.5) is 0 Å². The van der Waals surface area contributed by atoms with Crippen LogP contribution in [0.1, 0.15) is 17.5 Å². The molecule has 1 aliphatic rings. The molecule has 5 rings (SSSR count). The molecule has 0 spiro atoms. The van der Waals surface area contributed by atoms with Crippen molar-refractivity contribution in [1.82, 2.24) is 10.2 Å². The number of nitrogens with one attached hydrogen (secondary N) is 1. The molecule has 0 aliphatic carbocycles. The highest BCUT2D eigenvalue weighted by Gasteiger charge is 2.35. The zero-order chi connectivity index (χ0) is 28.7. The molecule has 0 bridgehead atoms. The van der Waals surface area contributed by atoms with Gasteiger partial charge in [0.05, 0.1) is 13.2 Å². The van der Waals surface area contributed by atoms with E-state index in [1.807, 2.05) is 37.4 Å². The van der Waals surface area contributed by atoms with Crippen molar-refractivity contribution in [3.8, 4) is 0 Å². The van der Waals surface area contributed by atoms with Crippen molar-refractivity contribution in [2.75, 3.05) is 33.9 Å². The van der Waals surface area contributed by atoms with Gasteiger partial charge in [-0.15, -0.1) is 0 Å². The van der Waals surface area contributed by atoms with Crippen molar-refractivity contribution < 1.29 is 23.9 Å². The molecule has 7 nitrogen and oxygen atoms in total. The van der Waals surface area contributed by atoms with Gasteiger partial charge in [0.2, 0.25) is 6.41 Å². The number of amides is 1. The zero-order valence-corrected chi connectivity index (χ0v) is 23.4. The lowest BCUT2D eigenvalue weighted by molar-refractivity contribution is -0.149. The number of nitrogens with zero attached hydrogens (tertiary/aromatic N) is 1. The van der Waals surface area contributed by atoms with Gasteiger partial charge in [-0.2, -0.15) is 0 Å². The Hall–Kier alpha value is -4.07. The first-order valence-corrected chi connectivity index (χ1v) is 13.3. The standard InChI is InChI=1S/C15H21NO3.C15H12.C3H5NO2/c1-16-9-13(10-18-2)8-14(16)15(17)19-11-12-6-4-3-5-7-12;1-11-6-7-14-9-12-4-2-3-5-13(12)10-15(14)8-11;5-2-1-4-3-6/h3-7,13-14H,8-11H2,1-2H3;2-10H,1H3;2-3H,1H2,(H,4,6). The van der Waals surface area contributed by atoms with E-state index in [0.29, 0.717) is 31.8 Å². The van der Waals surface area contributed by atoms with Crippen LogP contribution < -0.4 is 5.32 Å². The third kappa shape index (κ3) is 9.29. The largest absolute Gasteiger partial charge is 0.460 e. The summed E-state index contributed by atoms with van der Waals surface area (Å²) in [5.41, 5.74) is 2.34. The fourth-order valence-corrected chi connectivity index (χ4v) is 4.72. The number of benzene rings is 4. The molecule has 1 amide bonds. The van der Waals surface area contributed by atoms with Crippen LogP contribution in [0.15, 0.2) is 84.9 Å². The van der Waals surface area contributed by atoms with E-state index in [-0.39, 0.29) is 18.6 Å². The van der Waals surface area contributed by atoms with Gasteiger partial charge in [0.15, 0.2) is 0 Å². The first kappa shape index (κ1) is 30.5. The summed E-state index contributed by atoms with van der Waals surface area (Å²) in [6.07, 6.45) is 1.92. The Morgan fingerprint density at radius 3 is 2.20 bits per heavy atom. The SMILES string of the molecule is COCC1CC(C(=O)OCc2ccccc2)N(C)C1.Cc1ccc2cc3ccccc3cc2c1.O=CCNC=O. The minimum atomic E-state index is -0.135. The summed E-state index contributed by atoms with van der Waals surface area (Å²) in [6, 6.07) is 29.2. The van der Waals surface area contributed by atoms with E-state index in [1.165, 1.54) is 27.1 Å². The maximum atomic E-state index is 12.1. The van der Waals surface area contributed by atoms with Crippen LogP contribution >= 0.6 is 0 Å². The number of aryl methyl sites for hydroxylation is 1. The number of ether oxygens (including phenoxy) is 2. The fourth-order valence-electron chi connectivity index (χ4n) is 4.72. The lowest BCUT2D eigenvalue weighted by Crippen LogP contribution is -2.34. The molecule has 40 heavy (non-hydrogen) atoms. The van der Waals surface area contributed by atoms with Gasteiger partial charge in [-0.05, 0) is 65.6 Å². The van der Waals surface area contributed by atoms with Crippen LogP contribution in [0.3, 0.4) is 0 Å². The van der Waals surface area contributed by atoms with E-state index < -0.39 is 0 Å². The highest BCUT2D eigenvalue weighted by atomic mass is 16.5. The van der Waals surface area contributed by atoms with E-state index in [0.717, 1.165) is 18.5 Å². The smallest absolute Gasteiger partial charge is 0.323 e. The summed E-state index contributed by atoms with van der Waals surface area (Å²) in [7, 11) is 3.66. The quantitative estimate of drug-likeness (QED) is 0.147. The first-order valence-electron chi connectivity index (χ1n) is 13.3. The molecule has 1 heterocycles. The van der Waals surface area contributed by atoms with Gasteiger partial charge in [0, 0.05) is 13.7 Å². The summed E-state index contributed by atoms with van der Waals surface area (Å²) < 4.78 is 10.5. The summed E-state index contributed by atoms with van der Waals surface area (Å²) in [5.74, 6) is 0.286. The van der Waals surface area contributed by atoms with Crippen LogP contribution in [-0.2, 0) is 30.5 Å². The Kier molecular flexibility index (Phi) is 12.3. The van der Waals surface area contributed by atoms with Gasteiger partial charge < -0.3 is 19.6 Å². The monoisotopic (exact) mass is 542 g/mol. The van der Waals surface area contributed by atoms with Gasteiger partial charge in [-0.25, -0.2) is 0 Å². The minimum Gasteiger partial charge on any atom is -0.460 e. The molecular formula is C33H38N2O5. The van der Waals surface area contributed by atoms with E-state index in [4.69, 9.17) is 9.47 Å². The lowest BCUT2D eigenvalue weighted by Gasteiger charge is -2.17. The van der Waals surface area contributed by atoms with Crippen LogP contribution in [0.5, 0.6) is 0 Å². The Morgan fingerprint density at radius 2 is 1.57 bits per heavy atom. The van der Waals surface area contributed by atoms with Crippen molar-refractivity contribution in [2.45, 2.75) is 26.0 Å². The Morgan fingerprint density at radius 1 is 0.925 bits per heavy atom. The number of rotatable bonds is 8. The Labute approximate surface area is 236 Å². The molecule has 1 fully saturated rings. The number of hydrogen-bond donors (Lipinski definition) is 1. The minimum absolute atomic E-state index is 0.115. The van der Waals surface area contributed by atoms with Gasteiger partial charge in [-0.1, -0.05) is 78.4 Å². The molecule has 7 heteroatoms. The number of carbonyl (C=O) groups is 3. The summed E-state index contributed by atoms with van der Waals surface area (Å²) in [4.78, 5) is 32.8. The van der Waals surface area contributed by atoms with Gasteiger partial charge >= 0.3 is 5.97 Å². The molecule has 0 aromatic heterocycles. The van der Waals surface area contributed by atoms with Crippen LogP contribution in [0.25, 0.3) is 21.5 Å². The molecule has 2 atom stereocenters. The molecule has 0 radical (unpaired) electrons. The summed E-state index contributed by atoms with van der Waals surface area (Å²) >= 11 is 0. The Balaban J connectivity index is 0.000000187. The highest BCUT2D eigenvalue weighted by molar-refractivity contribution is 5.98. The topological polar surface area (TPSA) is 84.9 Å². The number of aldehydes is 1. The second-order valence-electron chi connectivity index (χ2n) is 9.85. The number of likely N-dealkylation sites (tertiary alicyclic amines) is 1. The second kappa shape index (κ2) is 16.1. The number of methoxy groups -OCH3 is 1. The molecular weight excluding hydrogens is 504 g/mol. The van der Waals surface area contributed by atoms with Crippen molar-refractivity contribution in [2.24, 2.45) is 5.92 Å². The van der Waals surface area contributed by atoms with Crippen LogP contribution in [0.2, 0.25) is 0 Å². The van der Waals surface area contributed by atoms with Gasteiger partial charge in [-0.3, -0.25) is 14.5 Å². The average molecular weight is 543 g/mol. The van der Waals surface area contributed by atoms with E-state index >= 15 is 0 Å². The normalized spacial score (nSPS) is 16.3. The average Bonchev–Trinajstić information content (AvgIpc) is 3.35. The van der Waals surface area contributed by atoms with Crippen molar-refractivity contribution in [3.05, 3.63) is 96.1 Å². The number of fused-ring (bicyclic) bond motifs is 2. The maximum Gasteiger partial charge on any atom is 0.323 e. The molecule has 1 saturated heterocycles. The second-order valence-corrected chi connectivity index (χ2v) is 9.85. The van der Waals surface area contributed by atoms with Gasteiger partial charge in [0.25, 0.3) is 0 Å². The molecule has 210 valence electrons. The third-order valence-electron chi connectivity index (χ3n) is 6.68. The van der Waals surface area contributed by atoms with Gasteiger partial charge in [0.1, 0.15) is 18.9 Å². The van der Waals surface area contributed by atoms with E-state index in [9.17, 15) is 14.4 Å². The van der Waals surface area contributed by atoms with Crippen molar-refractivity contribution in [1.29, 1.82) is 0 Å². The molecule has 0 saturated carbocycles. The third-order valence-corrected chi connectivity index (χ3v) is 6.68. The summed E-state index contributed by atoms with van der Waals surface area (Å²) in [5, 5.41) is 7.42. The van der Waals surface area contributed by atoms with Crippen molar-refractivity contribution >= 4 is 40.2 Å². The number of hydrogen-bond acceptors (Lipinski definition) is 6. The number of likely N-dealkylation sites (N-methyl/N-ethyl adjacent to an activating group) is 1. The molecule has 1 N–H and O–H groups in total. The Bertz CT molecular complexity index is 1370. The van der Waals surface area contributed by atoms with E-state index in [1.54, 1.807) is 7.11 Å². The molecule has 1 aliphatic heterocycles. The highest BCUT2D eigenvalue weighted by Crippen LogP contribution is 2.24. The summed E-state index contributed by atoms with van der Waals surface area (Å²) in [6.45, 7) is 4.18. The van der Waals surface area contributed by atoms with Crippen molar-refractivity contribution in [3.63, 3.8) is 0 Å². The maximum absolute atomic E-state index is 12.1. The number of carbonyl (C=O) groups excluding carboxylic acids is 3. The lowest BCUT2D eigenvalue weighted by atomic mass is 10.0. The molecule has 4 aromatic rings. The number of esters is 1. The zero-order valence-electron chi connectivity index (χ0n) is 23.4.